The van der Waals surface area contributed by atoms with Gasteiger partial charge in [-0.05, 0) is 62.1 Å². The van der Waals surface area contributed by atoms with Gasteiger partial charge in [-0.15, -0.1) is 21.6 Å². The molecule has 41 heavy (non-hydrogen) atoms. The Morgan fingerprint density at radius 2 is 1.44 bits per heavy atom. The topological polar surface area (TPSA) is 98.5 Å². The maximum absolute atomic E-state index is 13.0. The Bertz CT molecular complexity index is 1360. The molecule has 3 aromatic rings. The van der Waals surface area contributed by atoms with Crippen molar-refractivity contribution in [3.63, 3.8) is 0 Å². The molecule has 0 saturated carbocycles. The van der Waals surface area contributed by atoms with E-state index in [2.05, 4.69) is 46.1 Å². The molecule has 1 saturated heterocycles. The highest BCUT2D eigenvalue weighted by Gasteiger charge is 2.41. The van der Waals surface area contributed by atoms with Gasteiger partial charge in [-0.3, -0.25) is 19.4 Å². The molecule has 1 fully saturated rings. The molecular formula is C30H38N6O3S2. The number of anilines is 1. The highest BCUT2D eigenvalue weighted by atomic mass is 32.1. The predicted molar refractivity (Wildman–Crippen MR) is 168 cm³/mol. The molecule has 0 atom stereocenters. The number of barbiturate groups is 1. The number of thiophene rings is 1. The van der Waals surface area contributed by atoms with Gasteiger partial charge in [0.25, 0.3) is 11.8 Å². The van der Waals surface area contributed by atoms with Crippen molar-refractivity contribution in [3.8, 4) is 0 Å². The van der Waals surface area contributed by atoms with E-state index >= 15 is 0 Å². The van der Waals surface area contributed by atoms with Gasteiger partial charge in [-0.2, -0.15) is 0 Å². The summed E-state index contributed by atoms with van der Waals surface area (Å²) in [6, 6.07) is 9.53. The van der Waals surface area contributed by atoms with Gasteiger partial charge < -0.3 is 4.90 Å². The summed E-state index contributed by atoms with van der Waals surface area (Å²) in [5.41, 5.74) is 1.98. The van der Waals surface area contributed by atoms with Gasteiger partial charge in [-0.1, -0.05) is 51.9 Å². The first-order valence-electron chi connectivity index (χ1n) is 14.5. The summed E-state index contributed by atoms with van der Waals surface area (Å²) in [6.07, 6.45) is 7.51. The lowest BCUT2D eigenvalue weighted by Gasteiger charge is -2.33. The number of amides is 4. The van der Waals surface area contributed by atoms with Gasteiger partial charge in [0.1, 0.15) is 10.4 Å². The molecule has 4 amide bonds. The summed E-state index contributed by atoms with van der Waals surface area (Å²) < 4.78 is 0.899. The lowest BCUT2D eigenvalue weighted by atomic mass is 10.1. The van der Waals surface area contributed by atoms with Gasteiger partial charge in [0.2, 0.25) is 5.13 Å². The van der Waals surface area contributed by atoms with Crippen LogP contribution in [-0.4, -0.2) is 58.8 Å². The molecule has 2 aromatic heterocycles. The quantitative estimate of drug-likeness (QED) is 0.106. The molecule has 4 rings (SSSR count). The minimum Gasteiger partial charge on any atom is -0.372 e. The maximum atomic E-state index is 13.0. The summed E-state index contributed by atoms with van der Waals surface area (Å²) in [4.78, 5) is 49.6. The smallest absolute Gasteiger partial charge is 0.333 e. The van der Waals surface area contributed by atoms with E-state index in [0.29, 0.717) is 18.0 Å². The number of nitrogens with zero attached hydrogens (tertiary/aromatic N) is 6. The third-order valence-electron chi connectivity index (χ3n) is 6.72. The van der Waals surface area contributed by atoms with Gasteiger partial charge in [-0.25, -0.2) is 9.78 Å². The SMILES string of the molecule is CCCCN(CCCC)c1ccc(/N=N/c2nc3sc(C=C4C(=O)N(CCC)C(=O)N(CCC)C4=O)cc3s2)cc1. The van der Waals surface area contributed by atoms with Gasteiger partial charge in [0.05, 0.1) is 10.4 Å². The number of imide groups is 2. The average Bonchev–Trinajstić information content (AvgIpc) is 3.53. The molecule has 0 aliphatic carbocycles. The fraction of sp³-hybridized carbons (Fsp3) is 0.467. The van der Waals surface area contributed by atoms with E-state index < -0.39 is 17.8 Å². The van der Waals surface area contributed by atoms with Crippen LogP contribution in [-0.2, 0) is 9.59 Å². The second-order valence-corrected chi connectivity index (χ2v) is 12.1. The summed E-state index contributed by atoms with van der Waals surface area (Å²) >= 11 is 2.78. The highest BCUT2D eigenvalue weighted by Crippen LogP contribution is 2.36. The number of hydrogen-bond donors (Lipinski definition) is 0. The fourth-order valence-corrected chi connectivity index (χ4v) is 6.55. The maximum Gasteiger partial charge on any atom is 0.333 e. The van der Waals surface area contributed by atoms with Crippen molar-refractivity contribution >= 4 is 72.6 Å². The van der Waals surface area contributed by atoms with Crippen molar-refractivity contribution in [2.75, 3.05) is 31.1 Å². The molecule has 0 spiro atoms. The number of aromatic nitrogens is 1. The molecule has 0 N–H and O–H groups in total. The number of unbranched alkanes of at least 4 members (excludes halogenated alkanes) is 2. The van der Waals surface area contributed by atoms with Crippen LogP contribution in [0.5, 0.6) is 0 Å². The Hall–Kier alpha value is -3.44. The van der Waals surface area contributed by atoms with Crippen molar-refractivity contribution in [2.45, 2.75) is 66.2 Å². The summed E-state index contributed by atoms with van der Waals surface area (Å²) in [5.74, 6) is -1.09. The van der Waals surface area contributed by atoms with Crippen LogP contribution in [0.15, 0.2) is 46.1 Å². The minimum atomic E-state index is -0.543. The van der Waals surface area contributed by atoms with Gasteiger partial charge in [0.15, 0.2) is 0 Å². The van der Waals surface area contributed by atoms with E-state index in [1.165, 1.54) is 54.0 Å². The third kappa shape index (κ3) is 7.26. The first-order chi connectivity index (χ1) is 19.9. The molecule has 1 aromatic carbocycles. The molecular weight excluding hydrogens is 557 g/mol. The zero-order valence-electron chi connectivity index (χ0n) is 24.3. The number of carbonyl (C=O) groups is 3. The second kappa shape index (κ2) is 14.5. The van der Waals surface area contributed by atoms with E-state index in [4.69, 9.17) is 0 Å². The summed E-state index contributed by atoms with van der Waals surface area (Å²) in [7, 11) is 0. The van der Waals surface area contributed by atoms with Crippen molar-refractivity contribution < 1.29 is 14.4 Å². The zero-order chi connectivity index (χ0) is 29.4. The fourth-order valence-electron chi connectivity index (χ4n) is 4.56. The highest BCUT2D eigenvalue weighted by molar-refractivity contribution is 7.29. The molecule has 218 valence electrons. The van der Waals surface area contributed by atoms with Crippen molar-refractivity contribution in [2.24, 2.45) is 10.2 Å². The van der Waals surface area contributed by atoms with Crippen LogP contribution in [0.25, 0.3) is 15.6 Å². The average molecular weight is 595 g/mol. The second-order valence-electron chi connectivity index (χ2n) is 9.98. The Balaban J connectivity index is 1.49. The molecule has 1 aliphatic rings. The number of hydrogen-bond acceptors (Lipinski definition) is 9. The summed E-state index contributed by atoms with van der Waals surface area (Å²) in [6.45, 7) is 10.9. The number of azo groups is 1. The largest absolute Gasteiger partial charge is 0.372 e. The van der Waals surface area contributed by atoms with Crippen molar-refractivity contribution in [3.05, 3.63) is 40.8 Å². The standard InChI is InChI=1S/C30H38N6O3S2/c1-5-9-17-34(18-10-6-2)22-13-11-21(12-14-22)32-33-29-31-26-25(41-29)20-23(40-26)19-24-27(37)35(15-7-3)30(39)36(16-8-4)28(24)38/h11-14,19-20H,5-10,15-18H2,1-4H3/b33-32+. The van der Waals surface area contributed by atoms with E-state index in [0.717, 1.165) is 43.0 Å². The number of urea groups is 1. The van der Waals surface area contributed by atoms with Crippen molar-refractivity contribution in [1.29, 1.82) is 0 Å². The minimum absolute atomic E-state index is 0.00622. The molecule has 11 heteroatoms. The molecule has 0 bridgehead atoms. The van der Waals surface area contributed by atoms with Crippen molar-refractivity contribution in [1.82, 2.24) is 14.8 Å². The van der Waals surface area contributed by atoms with Crippen LogP contribution < -0.4 is 4.90 Å². The van der Waals surface area contributed by atoms with Crippen LogP contribution in [0.4, 0.5) is 21.3 Å². The first-order valence-corrected chi connectivity index (χ1v) is 16.1. The van der Waals surface area contributed by atoms with Crippen LogP contribution in [0.3, 0.4) is 0 Å². The number of rotatable bonds is 14. The van der Waals surface area contributed by atoms with Gasteiger partial charge in [0, 0.05) is 36.7 Å². The predicted octanol–water partition coefficient (Wildman–Crippen LogP) is 8.17. The Kier molecular flexibility index (Phi) is 10.8. The molecule has 9 nitrogen and oxygen atoms in total. The van der Waals surface area contributed by atoms with Crippen LogP contribution in [0.2, 0.25) is 0 Å². The molecule has 3 heterocycles. The van der Waals surface area contributed by atoms with Crippen LogP contribution in [0.1, 0.15) is 71.1 Å². The van der Waals surface area contributed by atoms with Gasteiger partial charge >= 0.3 is 6.03 Å². The van der Waals surface area contributed by atoms with E-state index in [1.807, 2.05) is 32.0 Å². The Morgan fingerprint density at radius 1 is 0.829 bits per heavy atom. The molecule has 0 radical (unpaired) electrons. The Labute approximate surface area is 249 Å². The number of carbonyl (C=O) groups excluding carboxylic acids is 3. The van der Waals surface area contributed by atoms with Crippen LogP contribution >= 0.6 is 22.7 Å². The normalized spacial score (nSPS) is 14.2. The third-order valence-corrected chi connectivity index (χ3v) is 8.71. The number of thiazole rings is 1. The zero-order valence-corrected chi connectivity index (χ0v) is 25.9. The van der Waals surface area contributed by atoms with E-state index in [9.17, 15) is 14.4 Å². The number of fused-ring (bicyclic) bond motifs is 1. The molecule has 0 unspecified atom stereocenters. The van der Waals surface area contributed by atoms with Crippen LogP contribution in [0, 0.1) is 0 Å². The van der Waals surface area contributed by atoms with E-state index in [1.54, 1.807) is 6.08 Å². The lowest BCUT2D eigenvalue weighted by Crippen LogP contribution is -2.56. The van der Waals surface area contributed by atoms with E-state index in [-0.39, 0.29) is 18.7 Å². The number of benzene rings is 1. The summed E-state index contributed by atoms with van der Waals surface area (Å²) in [5, 5.41) is 9.28. The molecule has 1 aliphatic heterocycles. The Morgan fingerprint density at radius 3 is 1.98 bits per heavy atom. The lowest BCUT2D eigenvalue weighted by molar-refractivity contribution is -0.135. The first kappa shape index (κ1) is 30.5. The monoisotopic (exact) mass is 594 g/mol.